The highest BCUT2D eigenvalue weighted by molar-refractivity contribution is 7.89. The fraction of sp³-hybridized carbons (Fsp3) is 0.375. The number of aromatic nitrogens is 1. The van der Waals surface area contributed by atoms with Gasteiger partial charge in [0.05, 0.1) is 5.75 Å². The van der Waals surface area contributed by atoms with E-state index in [0.717, 1.165) is 22.0 Å². The zero-order valence-electron chi connectivity index (χ0n) is 17.8. The van der Waals surface area contributed by atoms with E-state index < -0.39 is 10.0 Å². The van der Waals surface area contributed by atoms with Gasteiger partial charge in [0.15, 0.2) is 0 Å². The number of nitrogens with zero attached hydrogens (tertiary/aromatic N) is 1. The van der Waals surface area contributed by atoms with Gasteiger partial charge in [0.2, 0.25) is 15.9 Å². The number of hydrogen-bond donors (Lipinski definition) is 2. The van der Waals surface area contributed by atoms with Crippen molar-refractivity contribution >= 4 is 26.8 Å². The minimum Gasteiger partial charge on any atom is -0.361 e. The van der Waals surface area contributed by atoms with Crippen LogP contribution in [0.2, 0.25) is 0 Å². The number of hydrogen-bond acceptors (Lipinski definition) is 3. The lowest BCUT2D eigenvalue weighted by Gasteiger charge is -2.30. The Morgan fingerprint density at radius 3 is 2.48 bits per heavy atom. The predicted molar refractivity (Wildman–Crippen MR) is 123 cm³/mol. The summed E-state index contributed by atoms with van der Waals surface area (Å²) < 4.78 is 25.6. The van der Waals surface area contributed by atoms with Crippen molar-refractivity contribution in [2.75, 3.05) is 25.4 Å². The Balaban J connectivity index is 1.47. The lowest BCUT2D eigenvalue weighted by molar-refractivity contribution is -0.126. The van der Waals surface area contributed by atoms with Crippen LogP contribution in [0.1, 0.15) is 36.8 Å². The van der Waals surface area contributed by atoms with E-state index in [0.29, 0.717) is 32.5 Å². The maximum Gasteiger partial charge on any atom is 0.223 e. The van der Waals surface area contributed by atoms with Crippen LogP contribution in [0, 0.1) is 5.92 Å². The first kappa shape index (κ1) is 21.6. The van der Waals surface area contributed by atoms with Crippen LogP contribution in [0.4, 0.5) is 0 Å². The Kier molecular flexibility index (Phi) is 6.43. The smallest absolute Gasteiger partial charge is 0.223 e. The predicted octanol–water partition coefficient (Wildman–Crippen LogP) is 3.48. The molecule has 1 fully saturated rings. The molecule has 2 aromatic carbocycles. The Morgan fingerprint density at radius 2 is 1.77 bits per heavy atom. The van der Waals surface area contributed by atoms with Gasteiger partial charge in [0.25, 0.3) is 0 Å². The van der Waals surface area contributed by atoms with E-state index >= 15 is 0 Å². The van der Waals surface area contributed by atoms with Crippen molar-refractivity contribution in [3.8, 4) is 0 Å². The van der Waals surface area contributed by atoms with Crippen LogP contribution in [0.5, 0.6) is 0 Å². The van der Waals surface area contributed by atoms with E-state index in [1.54, 1.807) is 6.92 Å². The van der Waals surface area contributed by atoms with Crippen LogP contribution in [-0.4, -0.2) is 49.0 Å². The molecule has 0 aliphatic carbocycles. The van der Waals surface area contributed by atoms with Gasteiger partial charge in [0.1, 0.15) is 0 Å². The van der Waals surface area contributed by atoms with Gasteiger partial charge in [-0.15, -0.1) is 0 Å². The molecule has 1 aliphatic heterocycles. The lowest BCUT2D eigenvalue weighted by Crippen LogP contribution is -2.44. The molecule has 2 N–H and O–H groups in total. The Labute approximate surface area is 183 Å². The van der Waals surface area contributed by atoms with E-state index in [1.165, 1.54) is 4.31 Å². The average molecular weight is 440 g/mol. The highest BCUT2D eigenvalue weighted by Crippen LogP contribution is 2.30. The molecule has 0 unspecified atom stereocenters. The zero-order chi connectivity index (χ0) is 21.8. The number of amides is 1. The summed E-state index contributed by atoms with van der Waals surface area (Å²) in [5, 5.41) is 4.31. The number of nitrogens with one attached hydrogen (secondary N) is 2. The summed E-state index contributed by atoms with van der Waals surface area (Å²) >= 11 is 0. The minimum atomic E-state index is -3.18. The molecule has 1 aromatic heterocycles. The normalized spacial score (nSPS) is 16.9. The van der Waals surface area contributed by atoms with Gasteiger partial charge < -0.3 is 10.3 Å². The molecule has 0 saturated carbocycles. The zero-order valence-corrected chi connectivity index (χ0v) is 18.6. The summed E-state index contributed by atoms with van der Waals surface area (Å²) in [6.07, 6.45) is 3.16. The second kappa shape index (κ2) is 9.24. The van der Waals surface area contributed by atoms with Gasteiger partial charge in [0, 0.05) is 48.6 Å². The fourth-order valence-electron chi connectivity index (χ4n) is 4.40. The molecule has 4 rings (SSSR count). The van der Waals surface area contributed by atoms with Crippen molar-refractivity contribution in [2.24, 2.45) is 5.92 Å². The molecular formula is C24H29N3O3S. The maximum atomic E-state index is 12.9. The number of carbonyl (C=O) groups excluding carboxylic acids is 1. The van der Waals surface area contributed by atoms with Gasteiger partial charge in [-0.2, -0.15) is 0 Å². The Morgan fingerprint density at radius 1 is 1.10 bits per heavy atom. The first-order valence-corrected chi connectivity index (χ1v) is 12.5. The molecule has 0 spiro atoms. The summed E-state index contributed by atoms with van der Waals surface area (Å²) in [6, 6.07) is 18.4. The van der Waals surface area contributed by atoms with Crippen molar-refractivity contribution in [1.82, 2.24) is 14.6 Å². The van der Waals surface area contributed by atoms with E-state index in [2.05, 4.69) is 34.6 Å². The quantitative estimate of drug-likeness (QED) is 0.591. The molecule has 3 aromatic rings. The standard InChI is InChI=1S/C24H29N3O3S/c1-2-31(29,30)27-14-12-19(13-15-27)24(28)26-16-21(18-8-4-3-5-9-18)22-17-25-23-11-7-6-10-20(22)23/h3-11,17,19,21,25H,2,12-16H2,1H3,(H,26,28)/t21-/m1/s1. The van der Waals surface area contributed by atoms with Gasteiger partial charge in [-0.25, -0.2) is 12.7 Å². The Hall–Kier alpha value is -2.64. The Bertz CT molecular complexity index is 1130. The van der Waals surface area contributed by atoms with Crippen LogP contribution >= 0.6 is 0 Å². The summed E-state index contributed by atoms with van der Waals surface area (Å²) in [5.74, 6) is -0.00775. The lowest BCUT2D eigenvalue weighted by atomic mass is 9.90. The van der Waals surface area contributed by atoms with E-state index in [1.807, 2.05) is 36.5 Å². The van der Waals surface area contributed by atoms with Crippen LogP contribution in [-0.2, 0) is 14.8 Å². The van der Waals surface area contributed by atoms with Crippen LogP contribution in [0.25, 0.3) is 10.9 Å². The van der Waals surface area contributed by atoms with Gasteiger partial charge in [-0.3, -0.25) is 4.79 Å². The number of benzene rings is 2. The first-order valence-electron chi connectivity index (χ1n) is 10.9. The molecule has 2 heterocycles. The molecule has 0 bridgehead atoms. The number of para-hydroxylation sites is 1. The molecule has 31 heavy (non-hydrogen) atoms. The van der Waals surface area contributed by atoms with Crippen LogP contribution < -0.4 is 5.32 Å². The van der Waals surface area contributed by atoms with E-state index in [-0.39, 0.29) is 23.5 Å². The van der Waals surface area contributed by atoms with Crippen molar-refractivity contribution in [3.63, 3.8) is 0 Å². The summed E-state index contributed by atoms with van der Waals surface area (Å²) in [6.45, 7) is 2.98. The van der Waals surface area contributed by atoms with Crippen molar-refractivity contribution < 1.29 is 13.2 Å². The molecule has 0 radical (unpaired) electrons. The van der Waals surface area contributed by atoms with Crippen molar-refractivity contribution in [2.45, 2.75) is 25.7 Å². The number of carbonyl (C=O) groups is 1. The first-order chi connectivity index (χ1) is 15.0. The molecular weight excluding hydrogens is 410 g/mol. The molecule has 1 amide bonds. The average Bonchev–Trinajstić information content (AvgIpc) is 3.24. The molecule has 1 atom stereocenters. The molecule has 7 heteroatoms. The number of fused-ring (bicyclic) bond motifs is 1. The molecule has 6 nitrogen and oxygen atoms in total. The summed E-state index contributed by atoms with van der Waals surface area (Å²) in [4.78, 5) is 16.2. The summed E-state index contributed by atoms with van der Waals surface area (Å²) in [5.41, 5.74) is 3.39. The van der Waals surface area contributed by atoms with Crippen molar-refractivity contribution in [3.05, 3.63) is 71.9 Å². The van der Waals surface area contributed by atoms with E-state index in [9.17, 15) is 13.2 Å². The number of H-pyrrole nitrogens is 1. The fourth-order valence-corrected chi connectivity index (χ4v) is 5.53. The highest BCUT2D eigenvalue weighted by Gasteiger charge is 2.30. The number of aromatic amines is 1. The molecule has 164 valence electrons. The van der Waals surface area contributed by atoms with Gasteiger partial charge >= 0.3 is 0 Å². The topological polar surface area (TPSA) is 82.3 Å². The third kappa shape index (κ3) is 4.67. The number of sulfonamides is 1. The van der Waals surface area contributed by atoms with Crippen LogP contribution in [0.15, 0.2) is 60.8 Å². The van der Waals surface area contributed by atoms with Gasteiger partial charge in [-0.05, 0) is 37.0 Å². The SMILES string of the molecule is CCS(=O)(=O)N1CCC(C(=O)NC[C@H](c2ccccc2)c2c[nH]c3ccccc23)CC1. The number of piperidine rings is 1. The molecule has 1 saturated heterocycles. The summed E-state index contributed by atoms with van der Waals surface area (Å²) in [7, 11) is -3.18. The largest absolute Gasteiger partial charge is 0.361 e. The van der Waals surface area contributed by atoms with Crippen LogP contribution in [0.3, 0.4) is 0 Å². The monoisotopic (exact) mass is 439 g/mol. The second-order valence-corrected chi connectivity index (χ2v) is 10.3. The number of rotatable bonds is 7. The van der Waals surface area contributed by atoms with Gasteiger partial charge in [-0.1, -0.05) is 48.5 Å². The minimum absolute atomic E-state index is 0.00863. The van der Waals surface area contributed by atoms with E-state index in [4.69, 9.17) is 0 Å². The maximum absolute atomic E-state index is 12.9. The highest BCUT2D eigenvalue weighted by atomic mass is 32.2. The third-order valence-electron chi connectivity index (χ3n) is 6.26. The van der Waals surface area contributed by atoms with Crippen molar-refractivity contribution in [1.29, 1.82) is 0 Å². The molecule has 1 aliphatic rings. The third-order valence-corrected chi connectivity index (χ3v) is 8.14. The second-order valence-electron chi connectivity index (χ2n) is 8.07.